The quantitative estimate of drug-likeness (QED) is 0.891. The van der Waals surface area contributed by atoms with Gasteiger partial charge in [-0.3, -0.25) is 4.79 Å². The Kier molecular flexibility index (Phi) is 5.42. The lowest BCUT2D eigenvalue weighted by atomic mass is 10.1. The number of hydrogen-bond acceptors (Lipinski definition) is 3. The molecule has 2 N–H and O–H groups in total. The van der Waals surface area contributed by atoms with Crippen LogP contribution >= 0.6 is 34.8 Å². The lowest BCUT2D eigenvalue weighted by Gasteiger charge is -2.17. The molecule has 0 aliphatic heterocycles. The summed E-state index contributed by atoms with van der Waals surface area (Å²) in [5, 5.41) is 12.3. The van der Waals surface area contributed by atoms with Gasteiger partial charge in [0.15, 0.2) is 0 Å². The average molecular weight is 346 g/mol. The normalized spacial score (nSPS) is 12.0. The van der Waals surface area contributed by atoms with Gasteiger partial charge in [0.1, 0.15) is 5.69 Å². The Morgan fingerprint density at radius 3 is 2.48 bits per heavy atom. The lowest BCUT2D eigenvalue weighted by Crippen LogP contribution is -2.31. The molecule has 0 bridgehead atoms. The van der Waals surface area contributed by atoms with Gasteiger partial charge in [-0.1, -0.05) is 65.1 Å². The Morgan fingerprint density at radius 1 is 1.19 bits per heavy atom. The third kappa shape index (κ3) is 3.66. The molecule has 2 rings (SSSR count). The fourth-order valence-electron chi connectivity index (χ4n) is 1.75. The van der Waals surface area contributed by atoms with E-state index < -0.39 is 11.9 Å². The van der Waals surface area contributed by atoms with E-state index in [0.717, 1.165) is 5.56 Å². The number of aliphatic hydroxyl groups is 1. The molecule has 0 saturated heterocycles. The van der Waals surface area contributed by atoms with Gasteiger partial charge in [-0.2, -0.15) is 0 Å². The number of nitrogens with zero attached hydrogens (tertiary/aromatic N) is 1. The van der Waals surface area contributed by atoms with E-state index in [2.05, 4.69) is 10.3 Å². The van der Waals surface area contributed by atoms with Crippen LogP contribution in [0.4, 0.5) is 0 Å². The highest BCUT2D eigenvalue weighted by Gasteiger charge is 2.20. The third-order valence-corrected chi connectivity index (χ3v) is 4.06. The van der Waals surface area contributed by atoms with Crippen molar-refractivity contribution >= 4 is 40.7 Å². The first-order valence-corrected chi connectivity index (χ1v) is 7.14. The van der Waals surface area contributed by atoms with Crippen LogP contribution < -0.4 is 5.32 Å². The zero-order valence-electron chi connectivity index (χ0n) is 10.7. The summed E-state index contributed by atoms with van der Waals surface area (Å²) < 4.78 is 0. The van der Waals surface area contributed by atoms with Crippen molar-refractivity contribution in [1.82, 2.24) is 10.3 Å². The van der Waals surface area contributed by atoms with Gasteiger partial charge in [0.2, 0.25) is 0 Å². The molecule has 0 saturated carbocycles. The minimum Gasteiger partial charge on any atom is -0.394 e. The Labute approximate surface area is 136 Å². The number of nitrogens with one attached hydrogen (secondary N) is 1. The van der Waals surface area contributed by atoms with E-state index in [0.29, 0.717) is 0 Å². The third-order valence-electron chi connectivity index (χ3n) is 2.82. The summed E-state index contributed by atoms with van der Waals surface area (Å²) in [4.78, 5) is 16.1. The molecule has 2 aromatic rings. The van der Waals surface area contributed by atoms with Crippen LogP contribution in [0.2, 0.25) is 15.1 Å². The smallest absolute Gasteiger partial charge is 0.272 e. The fourth-order valence-corrected chi connectivity index (χ4v) is 2.31. The molecule has 0 aliphatic rings. The van der Waals surface area contributed by atoms with Crippen LogP contribution in [-0.4, -0.2) is 22.6 Å². The van der Waals surface area contributed by atoms with Gasteiger partial charge in [-0.05, 0) is 5.56 Å². The monoisotopic (exact) mass is 344 g/mol. The number of amides is 1. The molecule has 1 aromatic heterocycles. The lowest BCUT2D eigenvalue weighted by molar-refractivity contribution is 0.0911. The van der Waals surface area contributed by atoms with E-state index in [9.17, 15) is 9.90 Å². The fraction of sp³-hybridized carbons (Fsp3) is 0.143. The van der Waals surface area contributed by atoms with Gasteiger partial charge in [0.25, 0.3) is 5.91 Å². The van der Waals surface area contributed by atoms with Crippen LogP contribution in [-0.2, 0) is 0 Å². The molecular formula is C14H11Cl3N2O2. The summed E-state index contributed by atoms with van der Waals surface area (Å²) in [6.45, 7) is -0.255. The average Bonchev–Trinajstić information content (AvgIpc) is 2.51. The van der Waals surface area contributed by atoms with E-state index in [1.54, 1.807) is 12.1 Å². The predicted molar refractivity (Wildman–Crippen MR) is 83.0 cm³/mol. The molecule has 0 aliphatic carbocycles. The molecule has 7 heteroatoms. The molecule has 110 valence electrons. The summed E-state index contributed by atoms with van der Waals surface area (Å²) in [5.74, 6) is -0.540. The summed E-state index contributed by atoms with van der Waals surface area (Å²) in [6.07, 6.45) is 1.25. The Morgan fingerprint density at radius 2 is 1.86 bits per heavy atom. The molecule has 0 fully saturated rings. The van der Waals surface area contributed by atoms with Crippen LogP contribution in [0, 0.1) is 0 Å². The largest absolute Gasteiger partial charge is 0.394 e. The molecule has 0 spiro atoms. The van der Waals surface area contributed by atoms with Crippen molar-refractivity contribution in [1.29, 1.82) is 0 Å². The summed E-state index contributed by atoms with van der Waals surface area (Å²) in [6, 6.07) is 8.50. The van der Waals surface area contributed by atoms with Crippen molar-refractivity contribution in [2.75, 3.05) is 6.61 Å². The van der Waals surface area contributed by atoms with E-state index >= 15 is 0 Å². The maximum atomic E-state index is 12.2. The van der Waals surface area contributed by atoms with E-state index in [1.165, 1.54) is 6.20 Å². The van der Waals surface area contributed by atoms with E-state index in [4.69, 9.17) is 34.8 Å². The van der Waals surface area contributed by atoms with Crippen molar-refractivity contribution in [3.63, 3.8) is 0 Å². The van der Waals surface area contributed by atoms with Crippen LogP contribution in [0.15, 0.2) is 36.5 Å². The predicted octanol–water partition coefficient (Wildman–Crippen LogP) is 3.51. The Bertz CT molecular complexity index is 650. The maximum absolute atomic E-state index is 12.2. The Hall–Kier alpha value is -1.33. The van der Waals surface area contributed by atoms with Crippen molar-refractivity contribution in [3.05, 3.63) is 62.9 Å². The van der Waals surface area contributed by atoms with Crippen LogP contribution in [0.5, 0.6) is 0 Å². The van der Waals surface area contributed by atoms with Gasteiger partial charge in [-0.15, -0.1) is 0 Å². The summed E-state index contributed by atoms with van der Waals surface area (Å²) in [7, 11) is 0. The number of aromatic nitrogens is 1. The first-order chi connectivity index (χ1) is 10.0. The second-order valence-electron chi connectivity index (χ2n) is 4.20. The van der Waals surface area contributed by atoms with Crippen molar-refractivity contribution in [2.45, 2.75) is 6.04 Å². The number of rotatable bonds is 4. The zero-order valence-corrected chi connectivity index (χ0v) is 13.0. The highest BCUT2D eigenvalue weighted by atomic mass is 35.5. The zero-order chi connectivity index (χ0) is 15.4. The molecule has 1 heterocycles. The van der Waals surface area contributed by atoms with Crippen molar-refractivity contribution in [3.8, 4) is 0 Å². The van der Waals surface area contributed by atoms with Crippen molar-refractivity contribution in [2.24, 2.45) is 0 Å². The number of pyridine rings is 1. The van der Waals surface area contributed by atoms with Gasteiger partial charge in [0.05, 0.1) is 27.7 Å². The van der Waals surface area contributed by atoms with Crippen LogP contribution in [0.1, 0.15) is 22.1 Å². The van der Waals surface area contributed by atoms with Gasteiger partial charge in [-0.25, -0.2) is 4.98 Å². The number of halogens is 3. The summed E-state index contributed by atoms with van der Waals surface area (Å²) in [5.41, 5.74) is 0.727. The van der Waals surface area contributed by atoms with Crippen LogP contribution in [0.25, 0.3) is 0 Å². The molecule has 1 atom stereocenters. The molecule has 4 nitrogen and oxygen atoms in total. The van der Waals surface area contributed by atoms with Gasteiger partial charge < -0.3 is 10.4 Å². The summed E-state index contributed by atoms with van der Waals surface area (Å²) >= 11 is 17.6. The minimum atomic E-state index is -0.564. The number of aliphatic hydroxyl groups excluding tert-OH is 1. The molecule has 1 amide bonds. The molecule has 0 unspecified atom stereocenters. The number of carbonyl (C=O) groups excluding carboxylic acids is 1. The highest BCUT2D eigenvalue weighted by molar-refractivity contribution is 6.48. The standard InChI is InChI=1S/C14H11Cl3N2O2/c15-9-6-18-13(12(17)11(9)16)14(21)19-10(7-20)8-4-2-1-3-5-8/h1-6,10,20H,7H2,(H,19,21)/t10-/m1/s1. The van der Waals surface area contributed by atoms with E-state index in [1.807, 2.05) is 18.2 Å². The van der Waals surface area contributed by atoms with Crippen molar-refractivity contribution < 1.29 is 9.90 Å². The van der Waals surface area contributed by atoms with Gasteiger partial charge in [0, 0.05) is 6.20 Å². The molecular weight excluding hydrogens is 335 g/mol. The molecule has 21 heavy (non-hydrogen) atoms. The topological polar surface area (TPSA) is 62.2 Å². The minimum absolute atomic E-state index is 0.0218. The number of benzene rings is 1. The number of hydrogen-bond donors (Lipinski definition) is 2. The SMILES string of the molecule is O=C(N[C@H](CO)c1ccccc1)c1ncc(Cl)c(Cl)c1Cl. The number of carbonyl (C=O) groups is 1. The van der Waals surface area contributed by atoms with Crippen LogP contribution in [0.3, 0.4) is 0 Å². The van der Waals surface area contributed by atoms with E-state index in [-0.39, 0.29) is 27.4 Å². The molecule has 0 radical (unpaired) electrons. The highest BCUT2D eigenvalue weighted by Crippen LogP contribution is 2.31. The first-order valence-electron chi connectivity index (χ1n) is 6.00. The Balaban J connectivity index is 2.23. The van der Waals surface area contributed by atoms with Gasteiger partial charge >= 0.3 is 0 Å². The maximum Gasteiger partial charge on any atom is 0.272 e. The first kappa shape index (κ1) is 16.0. The molecule has 1 aromatic carbocycles. The second-order valence-corrected chi connectivity index (χ2v) is 5.37. The second kappa shape index (κ2) is 7.09.